The highest BCUT2D eigenvalue weighted by Crippen LogP contribution is 2.27. The van der Waals surface area contributed by atoms with Crippen LogP contribution in [-0.4, -0.2) is 35.8 Å². The van der Waals surface area contributed by atoms with E-state index in [-0.39, 0.29) is 29.2 Å². The van der Waals surface area contributed by atoms with Crippen molar-refractivity contribution in [2.24, 2.45) is 5.92 Å². The molecule has 0 saturated carbocycles. The Hall–Kier alpha value is -2.10. The minimum Gasteiger partial charge on any atom is -0.354 e. The fraction of sp³-hybridized carbons (Fsp3) is 0.500. The van der Waals surface area contributed by atoms with Crippen molar-refractivity contribution in [1.29, 1.82) is 0 Å². The molecule has 2 aliphatic rings. The molecule has 4 nitrogen and oxygen atoms in total. The van der Waals surface area contributed by atoms with Gasteiger partial charge in [0.25, 0.3) is 0 Å². The van der Waals surface area contributed by atoms with Crippen molar-refractivity contribution < 1.29 is 9.59 Å². The fourth-order valence-corrected chi connectivity index (χ4v) is 3.58. The maximum Gasteiger partial charge on any atom is 0.246 e. The predicted molar refractivity (Wildman–Crippen MR) is 95.4 cm³/mol. The van der Waals surface area contributed by atoms with Crippen LogP contribution < -0.4 is 5.32 Å². The molecule has 1 aromatic carbocycles. The van der Waals surface area contributed by atoms with Crippen molar-refractivity contribution in [3.05, 3.63) is 41.5 Å². The van der Waals surface area contributed by atoms with E-state index in [1.165, 1.54) is 5.56 Å². The average molecular weight is 326 g/mol. The second-order valence-electron chi connectivity index (χ2n) is 7.80. The van der Waals surface area contributed by atoms with Gasteiger partial charge in [0.15, 0.2) is 0 Å². The monoisotopic (exact) mass is 326 g/mol. The van der Waals surface area contributed by atoms with Crippen LogP contribution in [0.1, 0.15) is 44.7 Å². The largest absolute Gasteiger partial charge is 0.354 e. The molecule has 0 aliphatic carbocycles. The highest BCUT2D eigenvalue weighted by molar-refractivity contribution is 5.93. The molecular formula is C20H26N2O2. The van der Waals surface area contributed by atoms with Gasteiger partial charge in [0.2, 0.25) is 11.8 Å². The second kappa shape index (κ2) is 6.42. The van der Waals surface area contributed by atoms with Gasteiger partial charge in [-0.15, -0.1) is 0 Å². The Morgan fingerprint density at radius 3 is 2.62 bits per heavy atom. The first kappa shape index (κ1) is 16.7. The van der Waals surface area contributed by atoms with Crippen molar-refractivity contribution in [2.75, 3.05) is 13.1 Å². The van der Waals surface area contributed by atoms with Crippen molar-refractivity contribution in [3.8, 4) is 0 Å². The summed E-state index contributed by atoms with van der Waals surface area (Å²) >= 11 is 0. The molecule has 0 unspecified atom stereocenters. The zero-order chi connectivity index (χ0) is 17.3. The van der Waals surface area contributed by atoms with E-state index in [2.05, 4.69) is 38.2 Å². The van der Waals surface area contributed by atoms with E-state index in [1.807, 2.05) is 23.1 Å². The number of fused-ring (bicyclic) bond motifs is 1. The second-order valence-corrected chi connectivity index (χ2v) is 7.80. The van der Waals surface area contributed by atoms with Crippen LogP contribution in [0.3, 0.4) is 0 Å². The van der Waals surface area contributed by atoms with Gasteiger partial charge >= 0.3 is 0 Å². The summed E-state index contributed by atoms with van der Waals surface area (Å²) in [5.74, 6) is 0.0718. The lowest BCUT2D eigenvalue weighted by molar-refractivity contribution is -0.132. The summed E-state index contributed by atoms with van der Waals surface area (Å²) in [7, 11) is 0. The third-order valence-corrected chi connectivity index (χ3v) is 5.08. The Balaban J connectivity index is 1.68. The minimum absolute atomic E-state index is 0.00102. The molecule has 128 valence electrons. The van der Waals surface area contributed by atoms with Crippen LogP contribution in [0.5, 0.6) is 0 Å². The molecule has 2 heterocycles. The van der Waals surface area contributed by atoms with Crippen LogP contribution in [0.25, 0.3) is 6.08 Å². The van der Waals surface area contributed by atoms with Gasteiger partial charge in [-0.3, -0.25) is 9.59 Å². The lowest BCUT2D eigenvalue weighted by Crippen LogP contribution is -2.48. The Morgan fingerprint density at radius 1 is 1.25 bits per heavy atom. The molecule has 4 heteroatoms. The van der Waals surface area contributed by atoms with Gasteiger partial charge in [-0.25, -0.2) is 0 Å². The molecule has 3 rings (SSSR count). The number of nitrogens with zero attached hydrogens (tertiary/aromatic N) is 1. The molecule has 2 fully saturated rings. The van der Waals surface area contributed by atoms with E-state index in [4.69, 9.17) is 0 Å². The van der Waals surface area contributed by atoms with Crippen LogP contribution in [0, 0.1) is 5.92 Å². The SMILES string of the molecule is CC(C)(C)c1ccc(/C=C/C(=O)N2CCC[C@H]3C(=O)NC[C@H]32)cc1. The predicted octanol–water partition coefficient (Wildman–Crippen LogP) is 2.73. The topological polar surface area (TPSA) is 49.4 Å². The van der Waals surface area contributed by atoms with Crippen molar-refractivity contribution >= 4 is 17.9 Å². The molecule has 0 radical (unpaired) electrons. The molecule has 2 atom stereocenters. The first-order valence-electron chi connectivity index (χ1n) is 8.73. The Labute approximate surface area is 143 Å². The number of benzene rings is 1. The summed E-state index contributed by atoms with van der Waals surface area (Å²) in [6, 6.07) is 8.33. The number of amides is 2. The average Bonchev–Trinajstić information content (AvgIpc) is 2.94. The minimum atomic E-state index is -0.0258. The molecule has 0 bridgehead atoms. The third-order valence-electron chi connectivity index (χ3n) is 5.08. The van der Waals surface area contributed by atoms with E-state index in [1.54, 1.807) is 6.08 Å². The van der Waals surface area contributed by atoms with Crippen LogP contribution in [0.15, 0.2) is 30.3 Å². The summed E-state index contributed by atoms with van der Waals surface area (Å²) in [5.41, 5.74) is 2.43. The number of nitrogens with one attached hydrogen (secondary N) is 1. The summed E-state index contributed by atoms with van der Waals surface area (Å²) in [6.45, 7) is 7.88. The van der Waals surface area contributed by atoms with E-state index in [0.29, 0.717) is 6.54 Å². The molecule has 24 heavy (non-hydrogen) atoms. The lowest BCUT2D eigenvalue weighted by atomic mass is 9.87. The molecule has 1 aromatic rings. The maximum absolute atomic E-state index is 12.5. The van der Waals surface area contributed by atoms with E-state index >= 15 is 0 Å². The number of carbonyl (C=O) groups excluding carboxylic acids is 2. The molecular weight excluding hydrogens is 300 g/mol. The van der Waals surface area contributed by atoms with Crippen LogP contribution >= 0.6 is 0 Å². The Bertz CT molecular complexity index is 655. The van der Waals surface area contributed by atoms with Gasteiger partial charge in [-0.2, -0.15) is 0 Å². The van der Waals surface area contributed by atoms with Gasteiger partial charge in [0, 0.05) is 19.2 Å². The zero-order valence-electron chi connectivity index (χ0n) is 14.7. The number of carbonyl (C=O) groups is 2. The van der Waals surface area contributed by atoms with E-state index in [0.717, 1.165) is 24.9 Å². The molecule has 0 spiro atoms. The summed E-state index contributed by atoms with van der Waals surface area (Å²) < 4.78 is 0. The van der Waals surface area contributed by atoms with Crippen molar-refractivity contribution in [1.82, 2.24) is 10.2 Å². The molecule has 2 saturated heterocycles. The smallest absolute Gasteiger partial charge is 0.246 e. The molecule has 2 aliphatic heterocycles. The molecule has 2 amide bonds. The molecule has 1 N–H and O–H groups in total. The highest BCUT2D eigenvalue weighted by Gasteiger charge is 2.41. The van der Waals surface area contributed by atoms with Gasteiger partial charge in [-0.1, -0.05) is 45.0 Å². The summed E-state index contributed by atoms with van der Waals surface area (Å²) in [4.78, 5) is 26.2. The quantitative estimate of drug-likeness (QED) is 0.850. The molecule has 0 aromatic heterocycles. The lowest BCUT2D eigenvalue weighted by Gasteiger charge is -2.35. The van der Waals surface area contributed by atoms with Crippen LogP contribution in [-0.2, 0) is 15.0 Å². The summed E-state index contributed by atoms with van der Waals surface area (Å²) in [5, 5.41) is 2.88. The Kier molecular flexibility index (Phi) is 4.48. The number of hydrogen-bond acceptors (Lipinski definition) is 2. The summed E-state index contributed by atoms with van der Waals surface area (Å²) in [6.07, 6.45) is 5.28. The van der Waals surface area contributed by atoms with E-state index in [9.17, 15) is 9.59 Å². The van der Waals surface area contributed by atoms with Crippen LogP contribution in [0.2, 0.25) is 0 Å². The normalized spacial score (nSPS) is 24.1. The van der Waals surface area contributed by atoms with Gasteiger partial charge in [-0.05, 0) is 35.5 Å². The van der Waals surface area contributed by atoms with Gasteiger partial charge < -0.3 is 10.2 Å². The van der Waals surface area contributed by atoms with Crippen molar-refractivity contribution in [2.45, 2.75) is 45.1 Å². The van der Waals surface area contributed by atoms with Gasteiger partial charge in [0.05, 0.1) is 12.0 Å². The van der Waals surface area contributed by atoms with Gasteiger partial charge in [0.1, 0.15) is 0 Å². The first-order valence-corrected chi connectivity index (χ1v) is 8.73. The first-order chi connectivity index (χ1) is 11.4. The number of rotatable bonds is 2. The van der Waals surface area contributed by atoms with Crippen molar-refractivity contribution in [3.63, 3.8) is 0 Å². The standard InChI is InChI=1S/C20H26N2O2/c1-20(2,3)15-9-6-14(7-10-15)8-11-18(23)22-12-4-5-16-17(22)13-21-19(16)24/h6-11,16-17H,4-5,12-13H2,1-3H3,(H,21,24)/b11-8+/t16-,17-/m1/s1. The number of likely N-dealkylation sites (tertiary alicyclic amines) is 1. The Morgan fingerprint density at radius 2 is 1.96 bits per heavy atom. The zero-order valence-corrected chi connectivity index (χ0v) is 14.7. The maximum atomic E-state index is 12.5. The number of hydrogen-bond donors (Lipinski definition) is 1. The fourth-order valence-electron chi connectivity index (χ4n) is 3.58. The highest BCUT2D eigenvalue weighted by atomic mass is 16.2. The van der Waals surface area contributed by atoms with E-state index < -0.39 is 0 Å². The van der Waals surface area contributed by atoms with Crippen LogP contribution in [0.4, 0.5) is 0 Å². The number of piperidine rings is 1. The third kappa shape index (κ3) is 3.37.